The highest BCUT2D eigenvalue weighted by atomic mass is 32.2. The second-order valence-electron chi connectivity index (χ2n) is 6.84. The smallest absolute Gasteiger partial charge is 0.257 e. The summed E-state index contributed by atoms with van der Waals surface area (Å²) in [4.78, 5) is 22.9. The lowest BCUT2D eigenvalue weighted by atomic mass is 10.1. The first-order valence-corrected chi connectivity index (χ1v) is 10.8. The number of hydrogen-bond acceptors (Lipinski definition) is 6. The van der Waals surface area contributed by atoms with Crippen LogP contribution in [0, 0.1) is 13.8 Å². The average Bonchev–Trinajstić information content (AvgIpc) is 2.99. The minimum absolute atomic E-state index is 0.0274. The number of aryl methyl sites for hydroxylation is 2. The number of aromatic nitrogens is 2. The number of nitrogens with one attached hydrogen (secondary N) is 1. The minimum Gasteiger partial charge on any atom is -0.335 e. The van der Waals surface area contributed by atoms with Gasteiger partial charge in [0.15, 0.2) is 9.84 Å². The van der Waals surface area contributed by atoms with Crippen LogP contribution in [0.4, 0.5) is 11.6 Å². The van der Waals surface area contributed by atoms with Crippen LogP contribution in [0.5, 0.6) is 0 Å². The normalized spacial score (nSPS) is 18.3. The van der Waals surface area contributed by atoms with Crippen LogP contribution in [0.15, 0.2) is 30.6 Å². The van der Waals surface area contributed by atoms with E-state index in [0.717, 1.165) is 16.8 Å². The number of carbonyl (C=O) groups excluding carboxylic acids is 1. The molecule has 1 fully saturated rings. The summed E-state index contributed by atoms with van der Waals surface area (Å²) in [7, 11) is -3.05. The highest BCUT2D eigenvalue weighted by Crippen LogP contribution is 2.23. The second-order valence-corrected chi connectivity index (χ2v) is 9.06. The molecule has 1 unspecified atom stereocenters. The number of para-hydroxylation sites is 1. The van der Waals surface area contributed by atoms with Crippen molar-refractivity contribution in [1.82, 2.24) is 14.9 Å². The summed E-state index contributed by atoms with van der Waals surface area (Å²) >= 11 is 0. The molecule has 0 radical (unpaired) electrons. The van der Waals surface area contributed by atoms with Crippen molar-refractivity contribution in [3.63, 3.8) is 0 Å². The van der Waals surface area contributed by atoms with E-state index in [1.807, 2.05) is 39.0 Å². The van der Waals surface area contributed by atoms with Crippen molar-refractivity contribution in [1.29, 1.82) is 0 Å². The number of nitrogens with zero attached hydrogens (tertiary/aromatic N) is 3. The molecule has 0 aliphatic carbocycles. The van der Waals surface area contributed by atoms with E-state index in [0.29, 0.717) is 24.5 Å². The molecule has 8 heteroatoms. The van der Waals surface area contributed by atoms with Crippen LogP contribution in [-0.2, 0) is 9.84 Å². The van der Waals surface area contributed by atoms with Gasteiger partial charge in [-0.15, -0.1) is 0 Å². The summed E-state index contributed by atoms with van der Waals surface area (Å²) in [5.74, 6) is 0.338. The van der Waals surface area contributed by atoms with Crippen LogP contribution in [0.2, 0.25) is 0 Å². The Morgan fingerprint density at radius 3 is 2.37 bits per heavy atom. The van der Waals surface area contributed by atoms with Gasteiger partial charge in [-0.3, -0.25) is 4.79 Å². The zero-order valence-corrected chi connectivity index (χ0v) is 16.6. The molecule has 1 aromatic carbocycles. The van der Waals surface area contributed by atoms with Crippen LogP contribution >= 0.6 is 0 Å². The summed E-state index contributed by atoms with van der Waals surface area (Å²) < 4.78 is 23.4. The van der Waals surface area contributed by atoms with E-state index in [4.69, 9.17) is 0 Å². The average molecular weight is 388 g/mol. The quantitative estimate of drug-likeness (QED) is 0.846. The molecular formula is C19H24N4O3S. The van der Waals surface area contributed by atoms with Gasteiger partial charge in [-0.05, 0) is 38.3 Å². The summed E-state index contributed by atoms with van der Waals surface area (Å²) in [6.07, 6.45) is 3.45. The lowest BCUT2D eigenvalue weighted by Crippen LogP contribution is -2.41. The van der Waals surface area contributed by atoms with Crippen molar-refractivity contribution in [3.05, 3.63) is 47.3 Å². The first-order chi connectivity index (χ1) is 12.8. The van der Waals surface area contributed by atoms with Gasteiger partial charge in [0.25, 0.3) is 5.91 Å². The number of anilines is 2. The lowest BCUT2D eigenvalue weighted by molar-refractivity contribution is 0.0707. The maximum atomic E-state index is 12.8. The fraction of sp³-hybridized carbons (Fsp3) is 0.421. The van der Waals surface area contributed by atoms with E-state index >= 15 is 0 Å². The van der Waals surface area contributed by atoms with Gasteiger partial charge in [-0.1, -0.05) is 18.2 Å². The monoisotopic (exact) mass is 388 g/mol. The SMILES string of the molecule is CCN(C(=O)c1cnc(Nc2c(C)cccc2C)nc1)C1CCS(=O)(=O)C1. The predicted octanol–water partition coefficient (Wildman–Crippen LogP) is 2.49. The summed E-state index contributed by atoms with van der Waals surface area (Å²) in [6.45, 7) is 6.30. The molecule has 0 saturated carbocycles. The third-order valence-electron chi connectivity index (χ3n) is 4.87. The molecule has 144 valence electrons. The number of rotatable bonds is 5. The Bertz CT molecular complexity index is 922. The van der Waals surface area contributed by atoms with Gasteiger partial charge in [0.2, 0.25) is 5.95 Å². The Kier molecular flexibility index (Phi) is 5.46. The van der Waals surface area contributed by atoms with Crippen LogP contribution < -0.4 is 5.32 Å². The zero-order valence-electron chi connectivity index (χ0n) is 15.8. The fourth-order valence-corrected chi connectivity index (χ4v) is 5.11. The molecule has 1 N–H and O–H groups in total. The summed E-state index contributed by atoms with van der Waals surface area (Å²) in [6, 6.07) is 5.71. The first-order valence-electron chi connectivity index (χ1n) is 8.97. The molecular weight excluding hydrogens is 364 g/mol. The van der Waals surface area contributed by atoms with Crippen LogP contribution in [-0.4, -0.2) is 53.3 Å². The number of benzene rings is 1. The molecule has 27 heavy (non-hydrogen) atoms. The Hall–Kier alpha value is -2.48. The molecule has 3 rings (SSSR count). The molecule has 2 heterocycles. The van der Waals surface area contributed by atoms with Crippen molar-refractivity contribution in [2.24, 2.45) is 0 Å². The van der Waals surface area contributed by atoms with Crippen molar-refractivity contribution >= 4 is 27.4 Å². The number of sulfone groups is 1. The highest BCUT2D eigenvalue weighted by Gasteiger charge is 2.34. The van der Waals surface area contributed by atoms with Crippen LogP contribution in [0.25, 0.3) is 0 Å². The fourth-order valence-electron chi connectivity index (χ4n) is 3.38. The lowest BCUT2D eigenvalue weighted by Gasteiger charge is -2.26. The topological polar surface area (TPSA) is 92.3 Å². The Labute approximate surface area is 159 Å². The number of carbonyl (C=O) groups is 1. The van der Waals surface area contributed by atoms with Gasteiger partial charge < -0.3 is 10.2 Å². The maximum Gasteiger partial charge on any atom is 0.257 e. The van der Waals surface area contributed by atoms with Crippen molar-refractivity contribution < 1.29 is 13.2 Å². The molecule has 1 aromatic heterocycles. The molecule has 0 bridgehead atoms. The first kappa shape index (κ1) is 19.3. The van der Waals surface area contributed by atoms with Gasteiger partial charge in [0.1, 0.15) is 0 Å². The van der Waals surface area contributed by atoms with Crippen molar-refractivity contribution in [3.8, 4) is 0 Å². The highest BCUT2D eigenvalue weighted by molar-refractivity contribution is 7.91. The molecule has 1 atom stereocenters. The third kappa shape index (κ3) is 4.27. The van der Waals surface area contributed by atoms with E-state index in [2.05, 4.69) is 15.3 Å². The van der Waals surface area contributed by atoms with E-state index < -0.39 is 9.84 Å². The van der Waals surface area contributed by atoms with Gasteiger partial charge in [0, 0.05) is 30.7 Å². The van der Waals surface area contributed by atoms with E-state index in [1.54, 1.807) is 4.90 Å². The Morgan fingerprint density at radius 1 is 1.22 bits per heavy atom. The standard InChI is InChI=1S/C19H24N4O3S/c1-4-23(16-8-9-27(25,26)12-16)18(24)15-10-20-19(21-11-15)22-17-13(2)6-5-7-14(17)3/h5-7,10-11,16H,4,8-9,12H2,1-3H3,(H,20,21,22). The van der Waals surface area contributed by atoms with Crippen LogP contribution in [0.1, 0.15) is 34.8 Å². The maximum absolute atomic E-state index is 12.8. The number of hydrogen-bond donors (Lipinski definition) is 1. The van der Waals surface area contributed by atoms with E-state index in [-0.39, 0.29) is 23.5 Å². The largest absolute Gasteiger partial charge is 0.335 e. The van der Waals surface area contributed by atoms with Crippen molar-refractivity contribution in [2.45, 2.75) is 33.2 Å². The molecule has 0 spiro atoms. The predicted molar refractivity (Wildman–Crippen MR) is 105 cm³/mol. The molecule has 2 aromatic rings. The third-order valence-corrected chi connectivity index (χ3v) is 6.62. The van der Waals surface area contributed by atoms with Gasteiger partial charge in [0.05, 0.1) is 17.1 Å². The molecule has 1 amide bonds. The second kappa shape index (κ2) is 7.64. The minimum atomic E-state index is -3.05. The van der Waals surface area contributed by atoms with E-state index in [1.165, 1.54) is 12.4 Å². The zero-order chi connectivity index (χ0) is 19.6. The van der Waals surface area contributed by atoms with Gasteiger partial charge >= 0.3 is 0 Å². The Balaban J connectivity index is 1.75. The Morgan fingerprint density at radius 2 is 1.85 bits per heavy atom. The summed E-state index contributed by atoms with van der Waals surface area (Å²) in [5, 5.41) is 3.19. The van der Waals surface area contributed by atoms with Gasteiger partial charge in [-0.2, -0.15) is 0 Å². The molecule has 1 aliphatic rings. The van der Waals surface area contributed by atoms with Crippen molar-refractivity contribution in [2.75, 3.05) is 23.4 Å². The van der Waals surface area contributed by atoms with E-state index in [9.17, 15) is 13.2 Å². The number of amides is 1. The van der Waals surface area contributed by atoms with Gasteiger partial charge in [-0.25, -0.2) is 18.4 Å². The summed E-state index contributed by atoms with van der Waals surface area (Å²) in [5.41, 5.74) is 3.47. The molecule has 7 nitrogen and oxygen atoms in total. The van der Waals surface area contributed by atoms with Crippen LogP contribution in [0.3, 0.4) is 0 Å². The molecule has 1 saturated heterocycles. The molecule has 1 aliphatic heterocycles.